The third-order valence-corrected chi connectivity index (χ3v) is 6.48. The van der Waals surface area contributed by atoms with Gasteiger partial charge < -0.3 is 4.90 Å². The van der Waals surface area contributed by atoms with Gasteiger partial charge in [-0.2, -0.15) is 4.31 Å². The average molecular weight is 428 g/mol. The Morgan fingerprint density at radius 3 is 2.39 bits per heavy atom. The summed E-state index contributed by atoms with van der Waals surface area (Å²) in [6.45, 7) is 0.113. The number of carbonyl (C=O) groups is 1. The highest BCUT2D eigenvalue weighted by Gasteiger charge is 2.31. The lowest BCUT2D eigenvalue weighted by Crippen LogP contribution is -2.50. The van der Waals surface area contributed by atoms with Crippen LogP contribution in [0.3, 0.4) is 0 Å². The molecule has 0 aromatic heterocycles. The zero-order chi connectivity index (χ0) is 20.5. The maximum Gasteiger partial charge on any atom is 0.270 e. The van der Waals surface area contributed by atoms with Crippen LogP contribution in [0.2, 0.25) is 5.02 Å². The molecule has 0 N–H and O–H groups in total. The van der Waals surface area contributed by atoms with Crippen molar-refractivity contribution in [2.45, 2.75) is 4.90 Å². The molecule has 0 aliphatic carbocycles. The van der Waals surface area contributed by atoms with Crippen LogP contribution >= 0.6 is 11.6 Å². The number of nitro groups is 1. The van der Waals surface area contributed by atoms with Crippen molar-refractivity contribution in [2.24, 2.45) is 0 Å². The van der Waals surface area contributed by atoms with E-state index in [-0.39, 0.29) is 47.3 Å². The number of benzene rings is 2. The summed E-state index contributed by atoms with van der Waals surface area (Å²) in [4.78, 5) is 23.8. The molecule has 0 atom stereocenters. The number of carbonyl (C=O) groups excluding carboxylic acids is 1. The molecular formula is C17H15ClFN3O5S. The molecule has 11 heteroatoms. The molecule has 1 aliphatic rings. The summed E-state index contributed by atoms with van der Waals surface area (Å²) in [5.41, 5.74) is -0.465. The molecule has 0 radical (unpaired) electrons. The monoisotopic (exact) mass is 427 g/mol. The van der Waals surface area contributed by atoms with Crippen molar-refractivity contribution in [2.75, 3.05) is 26.2 Å². The molecule has 0 unspecified atom stereocenters. The number of halogens is 2. The van der Waals surface area contributed by atoms with Crippen molar-refractivity contribution in [1.29, 1.82) is 0 Å². The number of hydrogen-bond acceptors (Lipinski definition) is 5. The molecule has 0 bridgehead atoms. The quantitative estimate of drug-likeness (QED) is 0.551. The van der Waals surface area contributed by atoms with E-state index in [1.54, 1.807) is 0 Å². The SMILES string of the molecule is O=C(c1ccc(Cl)cc1F)N1CCN(S(=O)(=O)c2cccc([N+](=O)[O-])c2)CC1. The third kappa shape index (κ3) is 3.98. The van der Waals surface area contributed by atoms with Crippen LogP contribution in [0.1, 0.15) is 10.4 Å². The molecule has 1 aliphatic heterocycles. The normalized spacial score (nSPS) is 15.4. The summed E-state index contributed by atoms with van der Waals surface area (Å²) in [5, 5.41) is 11.0. The van der Waals surface area contributed by atoms with Crippen molar-refractivity contribution in [1.82, 2.24) is 9.21 Å². The van der Waals surface area contributed by atoms with Crippen LogP contribution in [0.15, 0.2) is 47.4 Å². The van der Waals surface area contributed by atoms with Gasteiger partial charge in [-0.05, 0) is 24.3 Å². The molecule has 3 rings (SSSR count). The van der Waals surface area contributed by atoms with Gasteiger partial charge >= 0.3 is 0 Å². The molecule has 148 valence electrons. The van der Waals surface area contributed by atoms with E-state index in [4.69, 9.17) is 11.6 Å². The van der Waals surface area contributed by atoms with Crippen molar-refractivity contribution in [3.8, 4) is 0 Å². The largest absolute Gasteiger partial charge is 0.336 e. The predicted octanol–water partition coefficient (Wildman–Crippen LogP) is 2.53. The number of sulfonamides is 1. The maximum absolute atomic E-state index is 14.0. The Bertz CT molecular complexity index is 1040. The first-order valence-electron chi connectivity index (χ1n) is 8.19. The van der Waals surface area contributed by atoms with E-state index in [0.717, 1.165) is 16.4 Å². The average Bonchev–Trinajstić information content (AvgIpc) is 2.67. The summed E-state index contributed by atoms with van der Waals surface area (Å²) in [5.74, 6) is -1.30. The lowest BCUT2D eigenvalue weighted by atomic mass is 10.1. The van der Waals surface area contributed by atoms with E-state index in [1.165, 1.54) is 35.2 Å². The van der Waals surface area contributed by atoms with Crippen molar-refractivity contribution in [3.63, 3.8) is 0 Å². The van der Waals surface area contributed by atoms with Crippen molar-refractivity contribution >= 4 is 33.2 Å². The zero-order valence-electron chi connectivity index (χ0n) is 14.4. The van der Waals surface area contributed by atoms with Gasteiger partial charge in [-0.3, -0.25) is 14.9 Å². The van der Waals surface area contributed by atoms with E-state index in [0.29, 0.717) is 0 Å². The number of nitro benzene ring substituents is 1. The highest BCUT2D eigenvalue weighted by molar-refractivity contribution is 7.89. The number of hydrogen-bond donors (Lipinski definition) is 0. The summed E-state index contributed by atoms with van der Waals surface area (Å²) >= 11 is 5.69. The van der Waals surface area contributed by atoms with Gasteiger partial charge in [-0.1, -0.05) is 17.7 Å². The van der Waals surface area contributed by atoms with Gasteiger partial charge in [0.2, 0.25) is 10.0 Å². The van der Waals surface area contributed by atoms with Gasteiger partial charge in [-0.15, -0.1) is 0 Å². The Morgan fingerprint density at radius 2 is 1.79 bits per heavy atom. The fraction of sp³-hybridized carbons (Fsp3) is 0.235. The number of nitrogens with zero attached hydrogens (tertiary/aromatic N) is 3. The number of piperazine rings is 1. The van der Waals surface area contributed by atoms with E-state index in [9.17, 15) is 27.7 Å². The van der Waals surface area contributed by atoms with Gasteiger partial charge in [0.1, 0.15) is 5.82 Å². The summed E-state index contributed by atoms with van der Waals surface area (Å²) in [7, 11) is -3.95. The minimum absolute atomic E-state index is 0.00796. The second kappa shape index (κ2) is 7.82. The number of rotatable bonds is 4. The third-order valence-electron chi connectivity index (χ3n) is 4.35. The Balaban J connectivity index is 1.73. The molecule has 1 amide bonds. The topological polar surface area (TPSA) is 101 Å². The Kier molecular flexibility index (Phi) is 5.64. The standard InChI is InChI=1S/C17H15ClFN3O5S/c18-12-4-5-15(16(19)10-12)17(23)20-6-8-21(9-7-20)28(26,27)14-3-1-2-13(11-14)22(24)25/h1-5,10-11H,6-9H2. The fourth-order valence-corrected chi connectivity index (χ4v) is 4.49. The predicted molar refractivity (Wildman–Crippen MR) is 99.2 cm³/mol. The number of non-ortho nitro benzene ring substituents is 1. The molecule has 0 saturated carbocycles. The smallest absolute Gasteiger partial charge is 0.270 e. The van der Waals surface area contributed by atoms with Gasteiger partial charge in [0.05, 0.1) is 15.4 Å². The summed E-state index contributed by atoms with van der Waals surface area (Å²) in [6.07, 6.45) is 0. The van der Waals surface area contributed by atoms with Crippen LogP contribution < -0.4 is 0 Å². The first kappa shape index (κ1) is 20.2. The van der Waals surface area contributed by atoms with Crippen LogP contribution in [0.25, 0.3) is 0 Å². The Hall–Kier alpha value is -2.56. The molecule has 8 nitrogen and oxygen atoms in total. The Morgan fingerprint density at radius 1 is 1.11 bits per heavy atom. The van der Waals surface area contributed by atoms with E-state index < -0.39 is 26.7 Å². The minimum Gasteiger partial charge on any atom is -0.336 e. The van der Waals surface area contributed by atoms with Crippen LogP contribution in [0.5, 0.6) is 0 Å². The van der Waals surface area contributed by atoms with Gasteiger partial charge in [0, 0.05) is 43.3 Å². The van der Waals surface area contributed by atoms with Crippen LogP contribution in [0.4, 0.5) is 10.1 Å². The minimum atomic E-state index is -3.95. The van der Waals surface area contributed by atoms with E-state index in [2.05, 4.69) is 0 Å². The second-order valence-corrected chi connectivity index (χ2v) is 8.45. The Labute approximate surface area is 165 Å². The molecule has 1 heterocycles. The molecule has 1 saturated heterocycles. The molecule has 28 heavy (non-hydrogen) atoms. The molecule has 0 spiro atoms. The van der Waals surface area contributed by atoms with Crippen molar-refractivity contribution < 1.29 is 22.5 Å². The maximum atomic E-state index is 14.0. The molecule has 1 fully saturated rings. The number of amides is 1. The highest BCUT2D eigenvalue weighted by atomic mass is 35.5. The second-order valence-electron chi connectivity index (χ2n) is 6.07. The van der Waals surface area contributed by atoms with Gasteiger partial charge in [0.15, 0.2) is 0 Å². The van der Waals surface area contributed by atoms with E-state index in [1.807, 2.05) is 0 Å². The molecular weight excluding hydrogens is 413 g/mol. The van der Waals surface area contributed by atoms with Crippen LogP contribution in [0, 0.1) is 15.9 Å². The van der Waals surface area contributed by atoms with Gasteiger partial charge in [0.25, 0.3) is 11.6 Å². The van der Waals surface area contributed by atoms with Crippen molar-refractivity contribution in [3.05, 3.63) is 69.0 Å². The molecule has 2 aromatic rings. The highest BCUT2D eigenvalue weighted by Crippen LogP contribution is 2.23. The fourth-order valence-electron chi connectivity index (χ4n) is 2.87. The first-order chi connectivity index (χ1) is 13.2. The van der Waals surface area contributed by atoms with Gasteiger partial charge in [-0.25, -0.2) is 12.8 Å². The lowest BCUT2D eigenvalue weighted by Gasteiger charge is -2.34. The summed E-state index contributed by atoms with van der Waals surface area (Å²) < 4.78 is 40.6. The first-order valence-corrected chi connectivity index (χ1v) is 10.0. The zero-order valence-corrected chi connectivity index (χ0v) is 16.0. The van der Waals surface area contributed by atoms with Crippen LogP contribution in [-0.2, 0) is 10.0 Å². The summed E-state index contributed by atoms with van der Waals surface area (Å²) in [6, 6.07) is 8.51. The van der Waals surface area contributed by atoms with E-state index >= 15 is 0 Å². The molecule has 2 aromatic carbocycles. The lowest BCUT2D eigenvalue weighted by molar-refractivity contribution is -0.385. The van der Waals surface area contributed by atoms with Crippen LogP contribution in [-0.4, -0.2) is 54.6 Å².